The number of halogens is 4. The SMILES string of the molecule is NC(=O)Nc1ccc2c(c1)C(F)(F)OC(F)(F)O2. The molecular formula is C9H6F4N2O3. The Morgan fingerprint density at radius 1 is 1.28 bits per heavy atom. The maximum absolute atomic E-state index is 13.3. The predicted molar refractivity (Wildman–Crippen MR) is 50.2 cm³/mol. The molecule has 3 N–H and O–H groups in total. The third-order valence-electron chi connectivity index (χ3n) is 2.04. The number of alkyl halides is 4. The lowest BCUT2D eigenvalue weighted by molar-refractivity contribution is -0.461. The van der Waals surface area contributed by atoms with Crippen LogP contribution in [0.4, 0.5) is 28.0 Å². The van der Waals surface area contributed by atoms with Crippen LogP contribution in [0.25, 0.3) is 0 Å². The average molecular weight is 266 g/mol. The van der Waals surface area contributed by atoms with Crippen molar-refractivity contribution in [2.24, 2.45) is 5.73 Å². The average Bonchev–Trinajstić information content (AvgIpc) is 2.15. The minimum absolute atomic E-state index is 0.0988. The summed E-state index contributed by atoms with van der Waals surface area (Å²) in [5.41, 5.74) is 3.76. The van der Waals surface area contributed by atoms with Gasteiger partial charge in [-0.2, -0.15) is 8.78 Å². The van der Waals surface area contributed by atoms with E-state index in [9.17, 15) is 22.4 Å². The number of benzene rings is 1. The lowest BCUT2D eigenvalue weighted by Gasteiger charge is -2.30. The van der Waals surface area contributed by atoms with Gasteiger partial charge in [0.1, 0.15) is 5.75 Å². The van der Waals surface area contributed by atoms with Gasteiger partial charge in [0.15, 0.2) is 0 Å². The molecule has 98 valence electrons. The third-order valence-corrected chi connectivity index (χ3v) is 2.04. The summed E-state index contributed by atoms with van der Waals surface area (Å²) in [6, 6.07) is 1.68. The van der Waals surface area contributed by atoms with E-state index in [1.165, 1.54) is 0 Å². The number of carbonyl (C=O) groups is 1. The number of anilines is 1. The summed E-state index contributed by atoms with van der Waals surface area (Å²) in [6.45, 7) is 0. The van der Waals surface area contributed by atoms with Gasteiger partial charge >= 0.3 is 18.4 Å². The second-order valence-electron chi connectivity index (χ2n) is 3.38. The van der Waals surface area contributed by atoms with Gasteiger partial charge in [0.05, 0.1) is 5.56 Å². The first-order chi connectivity index (χ1) is 8.20. The van der Waals surface area contributed by atoms with Crippen molar-refractivity contribution in [3.8, 4) is 5.75 Å². The Morgan fingerprint density at radius 3 is 2.56 bits per heavy atom. The molecule has 2 rings (SSSR count). The van der Waals surface area contributed by atoms with E-state index < -0.39 is 29.7 Å². The highest BCUT2D eigenvalue weighted by atomic mass is 19.3. The number of urea groups is 1. The number of carbonyl (C=O) groups excluding carboxylic acids is 1. The number of fused-ring (bicyclic) bond motifs is 1. The maximum atomic E-state index is 13.3. The number of hydrogen-bond donors (Lipinski definition) is 2. The first-order valence-corrected chi connectivity index (χ1v) is 4.55. The summed E-state index contributed by atoms with van der Waals surface area (Å²) < 4.78 is 59.1. The fourth-order valence-corrected chi connectivity index (χ4v) is 1.42. The van der Waals surface area contributed by atoms with Crippen molar-refractivity contribution >= 4 is 11.7 Å². The Morgan fingerprint density at radius 2 is 1.94 bits per heavy atom. The molecule has 0 spiro atoms. The smallest absolute Gasteiger partial charge is 0.409 e. The van der Waals surface area contributed by atoms with Crippen molar-refractivity contribution in [1.29, 1.82) is 0 Å². The second kappa shape index (κ2) is 3.73. The Labute approximate surface area is 97.5 Å². The summed E-state index contributed by atoms with van der Waals surface area (Å²) in [4.78, 5) is 10.5. The Kier molecular flexibility index (Phi) is 2.58. The van der Waals surface area contributed by atoms with E-state index in [4.69, 9.17) is 5.73 Å². The topological polar surface area (TPSA) is 73.6 Å². The molecule has 0 unspecified atom stereocenters. The number of primary amides is 1. The molecule has 0 bridgehead atoms. The molecule has 18 heavy (non-hydrogen) atoms. The molecule has 0 radical (unpaired) electrons. The lowest BCUT2D eigenvalue weighted by atomic mass is 10.1. The van der Waals surface area contributed by atoms with Crippen molar-refractivity contribution in [3.05, 3.63) is 23.8 Å². The molecule has 1 aromatic carbocycles. The van der Waals surface area contributed by atoms with Crippen molar-refractivity contribution in [2.75, 3.05) is 5.32 Å². The van der Waals surface area contributed by atoms with Crippen LogP contribution in [-0.4, -0.2) is 12.3 Å². The van der Waals surface area contributed by atoms with E-state index in [0.29, 0.717) is 0 Å². The molecule has 1 aromatic rings. The van der Waals surface area contributed by atoms with Gasteiger partial charge in [0, 0.05) is 5.69 Å². The zero-order valence-corrected chi connectivity index (χ0v) is 8.55. The van der Waals surface area contributed by atoms with E-state index in [-0.39, 0.29) is 5.69 Å². The van der Waals surface area contributed by atoms with Gasteiger partial charge in [-0.1, -0.05) is 0 Å². The van der Waals surface area contributed by atoms with Crippen LogP contribution in [0.5, 0.6) is 5.75 Å². The van der Waals surface area contributed by atoms with E-state index in [2.05, 4.69) is 9.47 Å². The number of ether oxygens (including phenoxy) is 2. The monoisotopic (exact) mass is 266 g/mol. The highest BCUT2D eigenvalue weighted by molar-refractivity contribution is 5.88. The molecule has 1 heterocycles. The van der Waals surface area contributed by atoms with Crippen molar-refractivity contribution < 1.29 is 31.8 Å². The van der Waals surface area contributed by atoms with Crippen molar-refractivity contribution in [1.82, 2.24) is 0 Å². The molecular weight excluding hydrogens is 260 g/mol. The second-order valence-corrected chi connectivity index (χ2v) is 3.38. The summed E-state index contributed by atoms with van der Waals surface area (Å²) in [5.74, 6) is -0.744. The van der Waals surface area contributed by atoms with Gasteiger partial charge in [-0.15, -0.1) is 8.78 Å². The molecule has 0 aliphatic carbocycles. The van der Waals surface area contributed by atoms with Gasteiger partial charge in [-0.25, -0.2) is 9.53 Å². The van der Waals surface area contributed by atoms with Crippen molar-refractivity contribution in [3.63, 3.8) is 0 Å². The number of hydrogen-bond acceptors (Lipinski definition) is 3. The fourth-order valence-electron chi connectivity index (χ4n) is 1.42. The van der Waals surface area contributed by atoms with Gasteiger partial charge in [0.2, 0.25) is 0 Å². The van der Waals surface area contributed by atoms with E-state index in [1.54, 1.807) is 0 Å². The molecule has 0 saturated heterocycles. The van der Waals surface area contributed by atoms with E-state index >= 15 is 0 Å². The number of nitrogens with two attached hydrogens (primary N) is 1. The minimum Gasteiger partial charge on any atom is -0.409 e. The van der Waals surface area contributed by atoms with Crippen molar-refractivity contribution in [2.45, 2.75) is 12.4 Å². The molecule has 2 amide bonds. The molecule has 0 atom stereocenters. The highest BCUT2D eigenvalue weighted by Crippen LogP contribution is 2.46. The number of amides is 2. The van der Waals surface area contributed by atoms with Crippen LogP contribution in [0.1, 0.15) is 5.56 Å². The van der Waals surface area contributed by atoms with Crippen LogP contribution >= 0.6 is 0 Å². The quantitative estimate of drug-likeness (QED) is 0.765. The highest BCUT2D eigenvalue weighted by Gasteiger charge is 2.54. The van der Waals surface area contributed by atoms with Gasteiger partial charge in [0.25, 0.3) is 0 Å². The summed E-state index contributed by atoms with van der Waals surface area (Å²) >= 11 is 0. The fraction of sp³-hybridized carbons (Fsp3) is 0.222. The Hall–Kier alpha value is -2.03. The van der Waals surface area contributed by atoms with E-state index in [1.807, 2.05) is 5.32 Å². The molecule has 0 saturated carbocycles. The van der Waals surface area contributed by atoms with Crippen LogP contribution in [-0.2, 0) is 10.8 Å². The van der Waals surface area contributed by atoms with Crippen LogP contribution < -0.4 is 15.8 Å². The van der Waals surface area contributed by atoms with Crippen LogP contribution in [0.2, 0.25) is 0 Å². The van der Waals surface area contributed by atoms with Crippen LogP contribution in [0.15, 0.2) is 18.2 Å². The van der Waals surface area contributed by atoms with Gasteiger partial charge in [-0.3, -0.25) is 0 Å². The largest absolute Gasteiger partial charge is 0.540 e. The van der Waals surface area contributed by atoms with E-state index in [0.717, 1.165) is 18.2 Å². The molecule has 1 aliphatic rings. The zero-order valence-electron chi connectivity index (χ0n) is 8.55. The Balaban J connectivity index is 2.43. The predicted octanol–water partition coefficient (Wildman–Crippen LogP) is 2.19. The summed E-state index contributed by atoms with van der Waals surface area (Å²) in [7, 11) is 0. The summed E-state index contributed by atoms with van der Waals surface area (Å²) in [5, 5.41) is 2.02. The molecule has 0 aromatic heterocycles. The van der Waals surface area contributed by atoms with Crippen LogP contribution in [0, 0.1) is 0 Å². The molecule has 0 fully saturated rings. The molecule has 9 heteroatoms. The summed E-state index contributed by atoms with van der Waals surface area (Å²) in [6.07, 6.45) is -8.67. The first-order valence-electron chi connectivity index (χ1n) is 4.55. The zero-order chi connectivity index (χ0) is 13.6. The molecule has 5 nitrogen and oxygen atoms in total. The number of rotatable bonds is 1. The standard InChI is InChI=1S/C9H6F4N2O3/c10-8(11)5-3-4(15-7(14)16)1-2-6(5)17-9(12,13)18-8/h1-3H,(H3,14,15,16). The first kappa shape index (κ1) is 12.4. The minimum atomic E-state index is -4.42. The number of nitrogens with one attached hydrogen (secondary N) is 1. The van der Waals surface area contributed by atoms with Gasteiger partial charge < -0.3 is 15.8 Å². The maximum Gasteiger partial charge on any atom is 0.540 e. The lowest BCUT2D eigenvalue weighted by Crippen LogP contribution is -2.41. The molecule has 1 aliphatic heterocycles. The van der Waals surface area contributed by atoms with Crippen LogP contribution in [0.3, 0.4) is 0 Å². The van der Waals surface area contributed by atoms with Gasteiger partial charge in [-0.05, 0) is 18.2 Å². The Bertz CT molecular complexity index is 507. The third kappa shape index (κ3) is 2.30. The normalized spacial score (nSPS) is 19.6.